The fourth-order valence-electron chi connectivity index (χ4n) is 1.87. The number of allylic oxidation sites excluding steroid dienone is 2. The Morgan fingerprint density at radius 1 is 1.15 bits per heavy atom. The first-order valence-electron chi connectivity index (χ1n) is 6.35. The molecule has 0 fully saturated rings. The summed E-state index contributed by atoms with van der Waals surface area (Å²) < 4.78 is 0. The third kappa shape index (κ3) is 3.41. The molecule has 0 aliphatic heterocycles. The summed E-state index contributed by atoms with van der Waals surface area (Å²) in [6.45, 7) is 8.94. The largest absolute Gasteiger partial charge is 0.507 e. The Kier molecular flexibility index (Phi) is 4.97. The summed E-state index contributed by atoms with van der Waals surface area (Å²) in [5.41, 5.74) is 1.98. The van der Waals surface area contributed by atoms with E-state index in [4.69, 9.17) is 5.11 Å². The third-order valence-corrected chi connectivity index (χ3v) is 3.38. The van der Waals surface area contributed by atoms with Gasteiger partial charge in [-0.25, -0.2) is 0 Å². The molecule has 1 rings (SSSR count). The zero-order chi connectivity index (χ0) is 15.4. The van der Waals surface area contributed by atoms with Crippen molar-refractivity contribution in [3.8, 4) is 11.5 Å². The molecule has 0 saturated carbocycles. The van der Waals surface area contributed by atoms with E-state index in [1.807, 2.05) is 6.92 Å². The van der Waals surface area contributed by atoms with Crippen LogP contribution in [-0.2, 0) is 4.79 Å². The first kappa shape index (κ1) is 15.8. The highest BCUT2D eigenvalue weighted by Gasteiger charge is 2.08. The van der Waals surface area contributed by atoms with Gasteiger partial charge in [-0.15, -0.1) is 0 Å². The molecule has 0 atom stereocenters. The fraction of sp³-hybridized carbons (Fsp3) is 0.312. The number of phenols is 2. The molecule has 1 aromatic rings. The van der Waals surface area contributed by atoms with Gasteiger partial charge in [0.05, 0.1) is 0 Å². The van der Waals surface area contributed by atoms with Crippen molar-refractivity contribution in [2.75, 3.05) is 0 Å². The molecule has 4 nitrogen and oxygen atoms in total. The van der Waals surface area contributed by atoms with E-state index < -0.39 is 5.97 Å². The third-order valence-electron chi connectivity index (χ3n) is 3.38. The van der Waals surface area contributed by atoms with Crippen molar-refractivity contribution >= 4 is 18.6 Å². The molecular formula is C16H20O4. The topological polar surface area (TPSA) is 77.8 Å². The van der Waals surface area contributed by atoms with Gasteiger partial charge in [-0.05, 0) is 27.2 Å². The maximum absolute atomic E-state index is 10.5. The summed E-state index contributed by atoms with van der Waals surface area (Å²) in [5, 5.41) is 29.6. The van der Waals surface area contributed by atoms with E-state index in [-0.39, 0.29) is 17.9 Å². The highest BCUT2D eigenvalue weighted by molar-refractivity contribution is 5.67. The number of rotatable bonds is 4. The van der Waals surface area contributed by atoms with Crippen LogP contribution in [0.3, 0.4) is 0 Å². The average Bonchev–Trinajstić information content (AvgIpc) is 2.40. The van der Waals surface area contributed by atoms with Crippen LogP contribution in [0.2, 0.25) is 0 Å². The molecule has 0 aliphatic carbocycles. The van der Waals surface area contributed by atoms with Crippen LogP contribution in [0.4, 0.5) is 0 Å². The van der Waals surface area contributed by atoms with E-state index >= 15 is 0 Å². The quantitative estimate of drug-likeness (QED) is 0.732. The van der Waals surface area contributed by atoms with E-state index in [0.717, 1.165) is 5.57 Å². The minimum absolute atomic E-state index is 0.0724. The van der Waals surface area contributed by atoms with Gasteiger partial charge in [0.25, 0.3) is 0 Å². The van der Waals surface area contributed by atoms with E-state index in [1.54, 1.807) is 26.0 Å². The normalized spacial score (nSPS) is 12.8. The Labute approximate surface area is 118 Å². The summed E-state index contributed by atoms with van der Waals surface area (Å²) in [4.78, 5) is 10.5. The maximum Gasteiger partial charge on any atom is 0.303 e. The SMILES string of the molecule is C=c1c(C)c(O)/c(=C/C=C(\C)CCC(=O)O)c(C)c1O. The van der Waals surface area contributed by atoms with Gasteiger partial charge in [0.1, 0.15) is 11.5 Å². The van der Waals surface area contributed by atoms with E-state index in [9.17, 15) is 15.0 Å². The Morgan fingerprint density at radius 2 is 1.75 bits per heavy atom. The molecule has 108 valence electrons. The molecule has 20 heavy (non-hydrogen) atoms. The van der Waals surface area contributed by atoms with Crippen LogP contribution in [0.1, 0.15) is 30.9 Å². The molecule has 0 spiro atoms. The van der Waals surface area contributed by atoms with Gasteiger partial charge in [0, 0.05) is 28.0 Å². The molecule has 0 bridgehead atoms. The second-order valence-electron chi connectivity index (χ2n) is 4.91. The summed E-state index contributed by atoms with van der Waals surface area (Å²) in [6, 6.07) is 0. The highest BCUT2D eigenvalue weighted by atomic mass is 16.4. The second kappa shape index (κ2) is 6.28. The smallest absolute Gasteiger partial charge is 0.303 e. The Balaban J connectivity index is 3.27. The molecule has 0 heterocycles. The van der Waals surface area contributed by atoms with Crippen molar-refractivity contribution in [1.82, 2.24) is 0 Å². The maximum atomic E-state index is 10.5. The van der Waals surface area contributed by atoms with E-state index in [2.05, 4.69) is 6.58 Å². The number of hydrogen-bond acceptors (Lipinski definition) is 3. The number of carboxylic acids is 1. The van der Waals surface area contributed by atoms with Gasteiger partial charge in [-0.3, -0.25) is 4.79 Å². The summed E-state index contributed by atoms with van der Waals surface area (Å²) in [6.07, 6.45) is 3.97. The molecular weight excluding hydrogens is 256 g/mol. The molecule has 0 radical (unpaired) electrons. The van der Waals surface area contributed by atoms with Gasteiger partial charge in [-0.2, -0.15) is 0 Å². The number of hydrogen-bond donors (Lipinski definition) is 3. The summed E-state index contributed by atoms with van der Waals surface area (Å²) in [7, 11) is 0. The first-order chi connectivity index (χ1) is 9.25. The number of aromatic hydroxyl groups is 2. The number of benzene rings is 1. The van der Waals surface area contributed by atoms with E-state index in [0.29, 0.717) is 28.0 Å². The van der Waals surface area contributed by atoms with Gasteiger partial charge >= 0.3 is 5.97 Å². The lowest BCUT2D eigenvalue weighted by atomic mass is 10.0. The zero-order valence-electron chi connectivity index (χ0n) is 12.0. The molecule has 4 heteroatoms. The Bertz CT molecular complexity index is 634. The minimum atomic E-state index is -0.841. The minimum Gasteiger partial charge on any atom is -0.507 e. The highest BCUT2D eigenvalue weighted by Crippen LogP contribution is 2.15. The van der Waals surface area contributed by atoms with Crippen LogP contribution in [0.5, 0.6) is 11.5 Å². The van der Waals surface area contributed by atoms with Crippen LogP contribution in [-0.4, -0.2) is 21.3 Å². The van der Waals surface area contributed by atoms with Crippen molar-refractivity contribution in [3.63, 3.8) is 0 Å². The predicted octanol–water partition coefficient (Wildman–Crippen LogP) is 1.72. The molecule has 0 aliphatic rings. The fourth-order valence-corrected chi connectivity index (χ4v) is 1.87. The number of aliphatic carboxylic acids is 1. The van der Waals surface area contributed by atoms with Crippen molar-refractivity contribution < 1.29 is 20.1 Å². The van der Waals surface area contributed by atoms with Crippen LogP contribution >= 0.6 is 0 Å². The molecule has 0 aromatic heterocycles. The lowest BCUT2D eigenvalue weighted by molar-refractivity contribution is -0.136. The number of carboxylic acid groups (broad SMARTS) is 1. The van der Waals surface area contributed by atoms with Gasteiger partial charge in [-0.1, -0.05) is 24.3 Å². The second-order valence-corrected chi connectivity index (χ2v) is 4.91. The lowest BCUT2D eigenvalue weighted by Gasteiger charge is -2.07. The van der Waals surface area contributed by atoms with Crippen LogP contribution in [0, 0.1) is 13.8 Å². The van der Waals surface area contributed by atoms with Gasteiger partial charge in [0.15, 0.2) is 0 Å². The predicted molar refractivity (Wildman–Crippen MR) is 79.1 cm³/mol. The number of carbonyl (C=O) groups is 1. The summed E-state index contributed by atoms with van der Waals surface area (Å²) in [5.74, 6) is -0.678. The molecule has 1 aromatic carbocycles. The van der Waals surface area contributed by atoms with Crippen LogP contribution in [0.25, 0.3) is 12.7 Å². The monoisotopic (exact) mass is 276 g/mol. The average molecular weight is 276 g/mol. The lowest BCUT2D eigenvalue weighted by Crippen LogP contribution is -2.17. The van der Waals surface area contributed by atoms with Gasteiger partial charge < -0.3 is 15.3 Å². The van der Waals surface area contributed by atoms with Crippen molar-refractivity contribution in [2.45, 2.75) is 33.6 Å². The number of phenolic OH excluding ortho intramolecular Hbond substituents is 2. The Morgan fingerprint density at radius 3 is 2.30 bits per heavy atom. The zero-order valence-corrected chi connectivity index (χ0v) is 12.0. The van der Waals surface area contributed by atoms with Crippen molar-refractivity contribution in [2.24, 2.45) is 0 Å². The molecule has 3 N–H and O–H groups in total. The summed E-state index contributed by atoms with van der Waals surface area (Å²) >= 11 is 0. The Hall–Kier alpha value is -2.23. The van der Waals surface area contributed by atoms with Crippen molar-refractivity contribution in [1.29, 1.82) is 0 Å². The molecule has 0 unspecified atom stereocenters. The van der Waals surface area contributed by atoms with E-state index in [1.165, 1.54) is 0 Å². The van der Waals surface area contributed by atoms with Crippen molar-refractivity contribution in [3.05, 3.63) is 33.2 Å². The van der Waals surface area contributed by atoms with Gasteiger partial charge in [0.2, 0.25) is 0 Å². The van der Waals surface area contributed by atoms with Crippen LogP contribution in [0.15, 0.2) is 11.6 Å². The standard InChI is InChI=1S/C16H20O4/c1-9(6-8-14(17)18)5-7-13-12(4)15(19)10(2)11(3)16(13)20/h5,7,19-20H,2,6,8H2,1,3-4H3,(H,17,18)/b9-5+,13-7+. The molecule has 0 saturated heterocycles. The first-order valence-corrected chi connectivity index (χ1v) is 6.35. The van der Waals surface area contributed by atoms with Crippen LogP contribution < -0.4 is 10.4 Å². The molecule has 0 amide bonds.